The van der Waals surface area contributed by atoms with E-state index in [0.29, 0.717) is 0 Å². The quantitative estimate of drug-likeness (QED) is 0.212. The van der Waals surface area contributed by atoms with Crippen molar-refractivity contribution in [3.05, 3.63) is 0 Å². The summed E-state index contributed by atoms with van der Waals surface area (Å²) in [4.78, 5) is 0. The Hall–Kier alpha value is 2.82. The Morgan fingerprint density at radius 3 is 0.735 bits per heavy atom. The van der Waals surface area contributed by atoms with Gasteiger partial charge in [-0.3, -0.25) is 0 Å². The van der Waals surface area contributed by atoms with Gasteiger partial charge in [0.25, 0.3) is 0 Å². The SMILES string of the molecule is C.C[N+](C)(C)CCO.C[N+](C)(C)CCO.C[N+](C)(C)CCO.O.O.S=S=S=[S]=[Mo].S=S=S=[S]=[Mo]. The summed E-state index contributed by atoms with van der Waals surface area (Å²) in [5.41, 5.74) is 0. The van der Waals surface area contributed by atoms with Crippen molar-refractivity contribution in [3.63, 3.8) is 0 Å². The summed E-state index contributed by atoms with van der Waals surface area (Å²) >= 11 is 12.9. The topological polar surface area (TPSA) is 124 Å². The molecular weight excluding hydrogens is 763 g/mol. The fourth-order valence-electron chi connectivity index (χ4n) is 0.923. The number of aliphatic hydroxyl groups is 3. The van der Waals surface area contributed by atoms with Gasteiger partial charge >= 0.3 is 109 Å². The predicted molar refractivity (Wildman–Crippen MR) is 163 cm³/mol. The average Bonchev–Trinajstić information content (AvgIpc) is 2.55. The van der Waals surface area contributed by atoms with Crippen molar-refractivity contribution in [2.75, 3.05) is 103 Å². The van der Waals surface area contributed by atoms with Gasteiger partial charge in [-0.15, -0.1) is 0 Å². The van der Waals surface area contributed by atoms with E-state index < -0.39 is 0 Å². The van der Waals surface area contributed by atoms with E-state index in [1.54, 1.807) is 32.8 Å². The van der Waals surface area contributed by atoms with Gasteiger partial charge < -0.3 is 39.7 Å². The molecule has 0 aliphatic heterocycles. The van der Waals surface area contributed by atoms with Crippen molar-refractivity contribution < 1.29 is 75.7 Å². The summed E-state index contributed by atoms with van der Waals surface area (Å²) in [6, 6.07) is 0. The molecule has 34 heavy (non-hydrogen) atoms. The molecular formula is C16H50Mo2N3O5S8+3. The van der Waals surface area contributed by atoms with Crippen LogP contribution in [0.5, 0.6) is 0 Å². The van der Waals surface area contributed by atoms with Gasteiger partial charge in [-0.1, -0.05) is 7.43 Å². The van der Waals surface area contributed by atoms with Crippen molar-refractivity contribution in [3.8, 4) is 0 Å². The minimum atomic E-state index is 0. The van der Waals surface area contributed by atoms with E-state index in [2.05, 4.69) is 85.8 Å². The molecule has 0 aliphatic rings. The average molecular weight is 813 g/mol. The first-order valence-electron chi connectivity index (χ1n) is 8.76. The van der Waals surface area contributed by atoms with Crippen molar-refractivity contribution in [1.82, 2.24) is 0 Å². The Kier molecular flexibility index (Phi) is 67.4. The molecule has 18 heteroatoms. The molecule has 0 heterocycles. The third-order valence-electron chi connectivity index (χ3n) is 2.42. The van der Waals surface area contributed by atoms with Crippen LogP contribution >= 0.6 is 0 Å². The zero-order chi connectivity index (χ0) is 26.0. The van der Waals surface area contributed by atoms with E-state index in [4.69, 9.17) is 15.3 Å². The van der Waals surface area contributed by atoms with E-state index in [1.807, 2.05) is 36.0 Å². The number of aliphatic hydroxyl groups excluding tert-OH is 3. The maximum absolute atomic E-state index is 8.39. The molecule has 0 aliphatic carbocycles. The van der Waals surface area contributed by atoms with Crippen LogP contribution in [0.3, 0.4) is 0 Å². The molecule has 7 N–H and O–H groups in total. The molecule has 0 unspecified atom stereocenters. The van der Waals surface area contributed by atoms with Crippen LogP contribution < -0.4 is 0 Å². The Morgan fingerprint density at radius 1 is 0.559 bits per heavy atom. The molecule has 0 saturated carbocycles. The first-order valence-corrected chi connectivity index (χ1v) is 22.3. The normalized spacial score (nSPS) is 9.06. The van der Waals surface area contributed by atoms with Crippen LogP contribution in [-0.4, -0.2) is 143 Å². The fourth-order valence-corrected chi connectivity index (χ4v) is 11.8. The number of rotatable bonds is 6. The Bertz CT molecular complexity index is 546. The molecule has 0 fully saturated rings. The monoisotopic (exact) mass is 816 g/mol. The van der Waals surface area contributed by atoms with Crippen LogP contribution in [0.15, 0.2) is 0 Å². The molecule has 0 radical (unpaired) electrons. The van der Waals surface area contributed by atoms with Crippen molar-refractivity contribution in [2.45, 2.75) is 7.43 Å². The zero-order valence-electron chi connectivity index (χ0n) is 21.0. The van der Waals surface area contributed by atoms with E-state index in [-0.39, 0.29) is 38.2 Å². The first kappa shape index (κ1) is 56.9. The van der Waals surface area contributed by atoms with Gasteiger partial charge in [0.1, 0.15) is 19.6 Å². The van der Waals surface area contributed by atoms with Crippen LogP contribution in [0.1, 0.15) is 7.43 Å². The van der Waals surface area contributed by atoms with Gasteiger partial charge in [-0.2, -0.15) is 0 Å². The van der Waals surface area contributed by atoms with Crippen LogP contribution in [-0.2, 0) is 109 Å². The molecule has 0 spiro atoms. The molecule has 0 amide bonds. The standard InChI is InChI=1S/3C5H14NO.CH4.2Mo.2H2O.2S4/c3*1-6(2,3)4-5-7;;;;;;2*1-3-4-2/h3*7H,4-5H2,1-3H3;1H4;;;2*1H2;;/q3*+1;;;;;;;. The van der Waals surface area contributed by atoms with Crippen molar-refractivity contribution in [1.29, 1.82) is 0 Å². The molecule has 0 rings (SSSR count). The van der Waals surface area contributed by atoms with Crippen LogP contribution in [0.4, 0.5) is 0 Å². The van der Waals surface area contributed by atoms with Crippen molar-refractivity contribution in [2.24, 2.45) is 0 Å². The second-order valence-electron chi connectivity index (χ2n) is 8.62. The summed E-state index contributed by atoms with van der Waals surface area (Å²) in [7, 11) is 27.8. The van der Waals surface area contributed by atoms with Crippen LogP contribution in [0.2, 0.25) is 0 Å². The Labute approximate surface area is 256 Å². The second kappa shape index (κ2) is 40.3. The maximum atomic E-state index is 8.39. The van der Waals surface area contributed by atoms with Gasteiger partial charge in [-0.25, -0.2) is 0 Å². The molecule has 8 nitrogen and oxygen atoms in total. The van der Waals surface area contributed by atoms with Crippen LogP contribution in [0, 0.1) is 0 Å². The Balaban J connectivity index is -0.0000000408. The summed E-state index contributed by atoms with van der Waals surface area (Å²) < 4.78 is 2.53. The first-order chi connectivity index (χ1) is 14.0. The molecule has 0 aromatic carbocycles. The van der Waals surface area contributed by atoms with Gasteiger partial charge in [0.2, 0.25) is 0 Å². The van der Waals surface area contributed by atoms with E-state index in [9.17, 15) is 0 Å². The van der Waals surface area contributed by atoms with E-state index in [1.165, 1.54) is 17.8 Å². The summed E-state index contributed by atoms with van der Waals surface area (Å²) in [5, 5.41) is 25.2. The molecule has 0 bridgehead atoms. The minimum absolute atomic E-state index is 0. The summed E-state index contributed by atoms with van der Waals surface area (Å²) in [5.74, 6) is 0. The van der Waals surface area contributed by atoms with Gasteiger partial charge in [0.15, 0.2) is 0 Å². The van der Waals surface area contributed by atoms with Gasteiger partial charge in [0.05, 0.1) is 83.2 Å². The third kappa shape index (κ3) is 112. The number of quaternary nitrogens is 3. The number of nitrogens with zero attached hydrogens (tertiary/aromatic N) is 3. The summed E-state index contributed by atoms with van der Waals surface area (Å²) in [6.45, 7) is 3.34. The number of hydrogen-bond donors (Lipinski definition) is 3. The number of likely N-dealkylation sites (N-methyl/N-ethyl adjacent to an activating group) is 3. The molecule has 0 aromatic rings. The van der Waals surface area contributed by atoms with E-state index >= 15 is 0 Å². The molecule has 216 valence electrons. The van der Waals surface area contributed by atoms with Gasteiger partial charge in [-0.05, 0) is 0 Å². The fraction of sp³-hybridized carbons (Fsp3) is 1.00. The van der Waals surface area contributed by atoms with Gasteiger partial charge in [0, 0.05) is 0 Å². The van der Waals surface area contributed by atoms with Crippen LogP contribution in [0.25, 0.3) is 0 Å². The Morgan fingerprint density at radius 2 is 0.735 bits per heavy atom. The number of hydrogen-bond acceptors (Lipinski definition) is 5. The zero-order valence-corrected chi connectivity index (χ0v) is 31.6. The van der Waals surface area contributed by atoms with E-state index in [0.717, 1.165) is 33.1 Å². The second-order valence-corrected chi connectivity index (χ2v) is 22.8. The summed E-state index contributed by atoms with van der Waals surface area (Å²) in [6.07, 6.45) is 0. The molecule has 0 saturated heterocycles. The third-order valence-corrected chi connectivity index (χ3v) is 15.7. The predicted octanol–water partition coefficient (Wildman–Crippen LogP) is -1.98. The van der Waals surface area contributed by atoms with Crippen molar-refractivity contribution >= 4 is 72.9 Å². The molecule has 0 aromatic heterocycles. The molecule has 0 atom stereocenters.